The molecule has 5 N–H and O–H groups in total. The van der Waals surface area contributed by atoms with Gasteiger partial charge in [-0.1, -0.05) is 18.2 Å². The Morgan fingerprint density at radius 3 is 2.29 bits per heavy atom. The smallest absolute Gasteiger partial charge is 0.248 e. The summed E-state index contributed by atoms with van der Waals surface area (Å²) < 4.78 is 0. The zero-order chi connectivity index (χ0) is 15.2. The van der Waals surface area contributed by atoms with Crippen molar-refractivity contribution in [3.63, 3.8) is 0 Å². The van der Waals surface area contributed by atoms with E-state index in [1.54, 1.807) is 24.3 Å². The molecule has 5 heteroatoms. The first kappa shape index (κ1) is 14.6. The Bertz CT molecular complexity index is 651. The van der Waals surface area contributed by atoms with Crippen LogP contribution in [0.5, 0.6) is 0 Å². The summed E-state index contributed by atoms with van der Waals surface area (Å²) >= 11 is 0. The van der Waals surface area contributed by atoms with Crippen LogP contribution in [0.25, 0.3) is 0 Å². The topological polar surface area (TPSA) is 98.2 Å². The molecule has 21 heavy (non-hydrogen) atoms. The quantitative estimate of drug-likeness (QED) is 0.731. The molecule has 0 unspecified atom stereocenters. The van der Waals surface area contributed by atoms with Crippen LogP contribution in [-0.2, 0) is 11.2 Å². The number of para-hydroxylation sites is 1. The molecular weight excluding hydrogens is 266 g/mol. The van der Waals surface area contributed by atoms with Gasteiger partial charge in [0.1, 0.15) is 0 Å². The number of nitrogen functional groups attached to an aromatic ring is 1. The Morgan fingerprint density at radius 2 is 1.67 bits per heavy atom. The molecule has 5 nitrogen and oxygen atoms in total. The van der Waals surface area contributed by atoms with Crippen LogP contribution in [0.1, 0.15) is 22.3 Å². The van der Waals surface area contributed by atoms with E-state index in [1.165, 1.54) is 0 Å². The molecule has 0 saturated carbocycles. The van der Waals surface area contributed by atoms with E-state index in [1.807, 2.05) is 24.3 Å². The van der Waals surface area contributed by atoms with Gasteiger partial charge in [0.2, 0.25) is 11.8 Å². The molecule has 2 aromatic carbocycles. The zero-order valence-electron chi connectivity index (χ0n) is 11.5. The summed E-state index contributed by atoms with van der Waals surface area (Å²) in [5.41, 5.74) is 13.7. The van der Waals surface area contributed by atoms with E-state index in [0.29, 0.717) is 29.8 Å². The second-order valence-corrected chi connectivity index (χ2v) is 4.69. The first-order valence-electron chi connectivity index (χ1n) is 6.59. The third-order valence-corrected chi connectivity index (χ3v) is 3.13. The van der Waals surface area contributed by atoms with E-state index >= 15 is 0 Å². The highest BCUT2D eigenvalue weighted by molar-refractivity contribution is 5.94. The zero-order valence-corrected chi connectivity index (χ0v) is 11.5. The van der Waals surface area contributed by atoms with E-state index in [4.69, 9.17) is 11.5 Å². The lowest BCUT2D eigenvalue weighted by molar-refractivity contribution is -0.116. The van der Waals surface area contributed by atoms with Crippen molar-refractivity contribution >= 4 is 23.2 Å². The molecule has 0 aromatic heterocycles. The molecule has 0 fully saturated rings. The lowest BCUT2D eigenvalue weighted by atomic mass is 10.1. The van der Waals surface area contributed by atoms with Crippen molar-refractivity contribution in [1.29, 1.82) is 0 Å². The van der Waals surface area contributed by atoms with Gasteiger partial charge in [0.15, 0.2) is 0 Å². The minimum atomic E-state index is -0.493. The summed E-state index contributed by atoms with van der Waals surface area (Å²) in [5, 5.41) is 2.77. The van der Waals surface area contributed by atoms with Crippen LogP contribution in [0.4, 0.5) is 11.4 Å². The SMILES string of the molecule is NC(=O)c1ccc(NC(=O)CCc2ccccc2N)cc1. The number of carbonyl (C=O) groups excluding carboxylic acids is 2. The highest BCUT2D eigenvalue weighted by Crippen LogP contribution is 2.14. The van der Waals surface area contributed by atoms with E-state index in [9.17, 15) is 9.59 Å². The maximum atomic E-state index is 11.9. The normalized spacial score (nSPS) is 10.1. The fourth-order valence-corrected chi connectivity index (χ4v) is 1.95. The van der Waals surface area contributed by atoms with E-state index in [-0.39, 0.29) is 5.91 Å². The van der Waals surface area contributed by atoms with Crippen molar-refractivity contribution in [3.05, 3.63) is 59.7 Å². The van der Waals surface area contributed by atoms with Gasteiger partial charge in [0.25, 0.3) is 0 Å². The number of hydrogen-bond acceptors (Lipinski definition) is 3. The lowest BCUT2D eigenvalue weighted by Gasteiger charge is -2.07. The van der Waals surface area contributed by atoms with E-state index < -0.39 is 5.91 Å². The van der Waals surface area contributed by atoms with Gasteiger partial charge in [-0.2, -0.15) is 0 Å². The van der Waals surface area contributed by atoms with Gasteiger partial charge in [-0.3, -0.25) is 9.59 Å². The van der Waals surface area contributed by atoms with Crippen LogP contribution in [0.15, 0.2) is 48.5 Å². The Labute approximate surface area is 123 Å². The van der Waals surface area contributed by atoms with E-state index in [2.05, 4.69) is 5.32 Å². The molecule has 2 rings (SSSR count). The van der Waals surface area contributed by atoms with Gasteiger partial charge >= 0.3 is 0 Å². The molecule has 0 atom stereocenters. The van der Waals surface area contributed by atoms with Gasteiger partial charge in [-0.15, -0.1) is 0 Å². The highest BCUT2D eigenvalue weighted by atomic mass is 16.1. The Morgan fingerprint density at radius 1 is 1.00 bits per heavy atom. The molecule has 0 aliphatic heterocycles. The second-order valence-electron chi connectivity index (χ2n) is 4.69. The number of carbonyl (C=O) groups is 2. The highest BCUT2D eigenvalue weighted by Gasteiger charge is 2.06. The largest absolute Gasteiger partial charge is 0.399 e. The third kappa shape index (κ3) is 4.07. The monoisotopic (exact) mass is 283 g/mol. The van der Waals surface area contributed by atoms with Gasteiger partial charge in [-0.05, 0) is 42.3 Å². The number of hydrogen-bond donors (Lipinski definition) is 3. The molecule has 108 valence electrons. The number of rotatable bonds is 5. The summed E-state index contributed by atoms with van der Waals surface area (Å²) in [5.74, 6) is -0.600. The molecule has 0 spiro atoms. The summed E-state index contributed by atoms with van der Waals surface area (Å²) in [7, 11) is 0. The summed E-state index contributed by atoms with van der Waals surface area (Å²) in [4.78, 5) is 22.8. The van der Waals surface area contributed by atoms with Crippen LogP contribution in [0, 0.1) is 0 Å². The average Bonchev–Trinajstić information content (AvgIpc) is 2.47. The predicted molar refractivity (Wildman–Crippen MR) is 82.8 cm³/mol. The van der Waals surface area contributed by atoms with Crippen LogP contribution in [0.3, 0.4) is 0 Å². The predicted octanol–water partition coefficient (Wildman–Crippen LogP) is 1.94. The number of benzene rings is 2. The van der Waals surface area contributed by atoms with Crippen LogP contribution >= 0.6 is 0 Å². The molecular formula is C16H17N3O2. The molecule has 0 saturated heterocycles. The minimum absolute atomic E-state index is 0.106. The molecule has 0 bridgehead atoms. The summed E-state index contributed by atoms with van der Waals surface area (Å²) in [6, 6.07) is 13.9. The van der Waals surface area contributed by atoms with Crippen molar-refractivity contribution < 1.29 is 9.59 Å². The van der Waals surface area contributed by atoms with Gasteiger partial charge in [0, 0.05) is 23.4 Å². The minimum Gasteiger partial charge on any atom is -0.399 e. The van der Waals surface area contributed by atoms with Crippen LogP contribution < -0.4 is 16.8 Å². The Hall–Kier alpha value is -2.82. The molecule has 0 heterocycles. The van der Waals surface area contributed by atoms with Crippen molar-refractivity contribution in [2.24, 2.45) is 5.73 Å². The molecule has 0 radical (unpaired) electrons. The molecule has 0 aliphatic rings. The van der Waals surface area contributed by atoms with Crippen molar-refractivity contribution in [3.8, 4) is 0 Å². The second kappa shape index (κ2) is 6.56. The maximum Gasteiger partial charge on any atom is 0.248 e. The van der Waals surface area contributed by atoms with Crippen molar-refractivity contribution in [2.45, 2.75) is 12.8 Å². The van der Waals surface area contributed by atoms with Gasteiger partial charge in [-0.25, -0.2) is 0 Å². The first-order valence-corrected chi connectivity index (χ1v) is 6.59. The van der Waals surface area contributed by atoms with Crippen LogP contribution in [-0.4, -0.2) is 11.8 Å². The maximum absolute atomic E-state index is 11.9. The summed E-state index contributed by atoms with van der Waals surface area (Å²) in [6.07, 6.45) is 0.920. The summed E-state index contributed by atoms with van der Waals surface area (Å²) in [6.45, 7) is 0. The first-order chi connectivity index (χ1) is 10.1. The number of anilines is 2. The van der Waals surface area contributed by atoms with Crippen LogP contribution in [0.2, 0.25) is 0 Å². The fourth-order valence-electron chi connectivity index (χ4n) is 1.95. The number of nitrogens with two attached hydrogens (primary N) is 2. The Kier molecular flexibility index (Phi) is 4.56. The van der Waals surface area contributed by atoms with Crippen molar-refractivity contribution in [1.82, 2.24) is 0 Å². The molecule has 2 amide bonds. The third-order valence-electron chi connectivity index (χ3n) is 3.13. The number of primary amides is 1. The Balaban J connectivity index is 1.90. The average molecular weight is 283 g/mol. The number of amides is 2. The van der Waals surface area contributed by atoms with E-state index in [0.717, 1.165) is 5.56 Å². The fraction of sp³-hybridized carbons (Fsp3) is 0.125. The molecule has 0 aliphatic carbocycles. The number of aryl methyl sites for hydroxylation is 1. The van der Waals surface area contributed by atoms with Gasteiger partial charge < -0.3 is 16.8 Å². The van der Waals surface area contributed by atoms with Gasteiger partial charge in [0.05, 0.1) is 0 Å². The van der Waals surface area contributed by atoms with Crippen molar-refractivity contribution in [2.75, 3.05) is 11.1 Å². The standard InChI is InChI=1S/C16H17N3O2/c17-14-4-2-1-3-11(14)7-10-15(20)19-13-8-5-12(6-9-13)16(18)21/h1-6,8-9H,7,10,17H2,(H2,18,21)(H,19,20). The number of nitrogens with one attached hydrogen (secondary N) is 1. The lowest BCUT2D eigenvalue weighted by Crippen LogP contribution is -2.14. The molecule has 2 aromatic rings.